The van der Waals surface area contributed by atoms with Crippen molar-refractivity contribution in [3.05, 3.63) is 66.1 Å². The second-order valence-electron chi connectivity index (χ2n) is 6.55. The van der Waals surface area contributed by atoms with Gasteiger partial charge in [-0.1, -0.05) is 6.07 Å². The van der Waals surface area contributed by atoms with Crippen LogP contribution in [-0.2, 0) is 11.4 Å². The molecule has 0 spiro atoms. The molecule has 1 amide bonds. The molecule has 0 aliphatic rings. The summed E-state index contributed by atoms with van der Waals surface area (Å²) in [6.07, 6.45) is 0. The lowest BCUT2D eigenvalue weighted by Crippen LogP contribution is -2.27. The van der Waals surface area contributed by atoms with Crippen molar-refractivity contribution in [2.24, 2.45) is 0 Å². The van der Waals surface area contributed by atoms with Gasteiger partial charge >= 0.3 is 0 Å². The molecule has 0 saturated carbocycles. The van der Waals surface area contributed by atoms with E-state index in [0.29, 0.717) is 17.1 Å². The summed E-state index contributed by atoms with van der Waals surface area (Å²) in [7, 11) is 2.93. The molecule has 10 heteroatoms. The lowest BCUT2D eigenvalue weighted by molar-refractivity contribution is -0.0757. The Bertz CT molecular complexity index is 1160. The highest BCUT2D eigenvalue weighted by molar-refractivity contribution is 9.10. The Morgan fingerprint density at radius 1 is 1.27 bits per heavy atom. The molecule has 2 heterocycles. The molecular formula is C20H21BrN4O4S. The van der Waals surface area contributed by atoms with Crippen LogP contribution in [0.3, 0.4) is 0 Å². The summed E-state index contributed by atoms with van der Waals surface area (Å²) < 4.78 is 7.37. The zero-order valence-corrected chi connectivity index (χ0v) is 19.6. The average Bonchev–Trinajstić information content (AvgIpc) is 3.15. The summed E-state index contributed by atoms with van der Waals surface area (Å²) in [6.45, 7) is 5.70. The standard InChI is InChI=1S/C20H21BrN4O4S/c1-11-6-7-14(19(26)24(4)28-5)8-16(11)25-12(2)22-18(17(21)20(25)27)29-9-15-10-30-13(3)23-15/h6-8,10H,9H2,1-5H3. The topological polar surface area (TPSA) is 86.6 Å². The zero-order valence-electron chi connectivity index (χ0n) is 17.2. The fraction of sp³-hybridized carbons (Fsp3) is 0.300. The Morgan fingerprint density at radius 2 is 2.00 bits per heavy atom. The van der Waals surface area contributed by atoms with E-state index in [1.54, 1.807) is 25.1 Å². The van der Waals surface area contributed by atoms with Crippen LogP contribution in [0.2, 0.25) is 0 Å². The molecule has 0 fully saturated rings. The molecule has 1 aromatic carbocycles. The largest absolute Gasteiger partial charge is 0.470 e. The van der Waals surface area contributed by atoms with E-state index in [4.69, 9.17) is 9.57 Å². The van der Waals surface area contributed by atoms with Crippen LogP contribution in [0.5, 0.6) is 5.88 Å². The third-order valence-corrected chi connectivity index (χ3v) is 5.95. The minimum Gasteiger partial charge on any atom is -0.470 e. The number of hydrogen-bond acceptors (Lipinski definition) is 7. The van der Waals surface area contributed by atoms with Gasteiger partial charge in [0, 0.05) is 18.0 Å². The number of benzene rings is 1. The maximum Gasteiger partial charge on any atom is 0.277 e. The number of halogens is 1. The van der Waals surface area contributed by atoms with Gasteiger partial charge in [-0.05, 0) is 54.4 Å². The Balaban J connectivity index is 2.00. The Labute approximate surface area is 186 Å². The van der Waals surface area contributed by atoms with Crippen LogP contribution in [0.15, 0.2) is 32.8 Å². The van der Waals surface area contributed by atoms with E-state index >= 15 is 0 Å². The van der Waals surface area contributed by atoms with Gasteiger partial charge in [-0.15, -0.1) is 11.3 Å². The van der Waals surface area contributed by atoms with Crippen LogP contribution in [-0.4, -0.2) is 39.7 Å². The van der Waals surface area contributed by atoms with Gasteiger partial charge < -0.3 is 4.74 Å². The summed E-state index contributed by atoms with van der Waals surface area (Å²) >= 11 is 4.84. The Hall–Kier alpha value is -2.56. The summed E-state index contributed by atoms with van der Waals surface area (Å²) in [4.78, 5) is 39.3. The fourth-order valence-corrected chi connectivity index (χ4v) is 3.80. The number of carbonyl (C=O) groups is 1. The molecule has 0 N–H and O–H groups in total. The van der Waals surface area contributed by atoms with E-state index in [9.17, 15) is 9.59 Å². The first-order valence-corrected chi connectivity index (χ1v) is 10.7. The lowest BCUT2D eigenvalue weighted by atomic mass is 10.1. The van der Waals surface area contributed by atoms with Crippen molar-refractivity contribution in [2.75, 3.05) is 14.2 Å². The van der Waals surface area contributed by atoms with E-state index in [1.807, 2.05) is 19.2 Å². The molecule has 0 radical (unpaired) electrons. The highest BCUT2D eigenvalue weighted by Crippen LogP contribution is 2.24. The smallest absolute Gasteiger partial charge is 0.277 e. The van der Waals surface area contributed by atoms with Gasteiger partial charge in [0.15, 0.2) is 0 Å². The monoisotopic (exact) mass is 492 g/mol. The van der Waals surface area contributed by atoms with Crippen molar-refractivity contribution in [1.82, 2.24) is 19.6 Å². The SMILES string of the molecule is CON(C)C(=O)c1ccc(C)c(-n2c(C)nc(OCc3csc(C)n3)c(Br)c2=O)c1. The molecule has 0 aliphatic carbocycles. The highest BCUT2D eigenvalue weighted by atomic mass is 79.9. The molecule has 0 atom stereocenters. The number of aryl methyl sites for hydroxylation is 3. The molecule has 3 rings (SSSR count). The zero-order chi connectivity index (χ0) is 22.0. The second-order valence-corrected chi connectivity index (χ2v) is 8.41. The number of carbonyl (C=O) groups excluding carboxylic acids is 1. The third kappa shape index (κ3) is 4.45. The first-order chi connectivity index (χ1) is 14.2. The van der Waals surface area contributed by atoms with E-state index in [0.717, 1.165) is 21.3 Å². The molecule has 30 heavy (non-hydrogen) atoms. The molecule has 158 valence electrons. The summed E-state index contributed by atoms with van der Waals surface area (Å²) in [6, 6.07) is 5.11. The van der Waals surface area contributed by atoms with Gasteiger partial charge in [0.25, 0.3) is 11.5 Å². The molecule has 0 aliphatic heterocycles. The third-order valence-electron chi connectivity index (χ3n) is 4.45. The number of hydroxylamine groups is 2. The van der Waals surface area contributed by atoms with E-state index in [1.165, 1.54) is 30.1 Å². The number of nitrogens with zero attached hydrogens (tertiary/aromatic N) is 4. The molecule has 2 aromatic heterocycles. The minimum atomic E-state index is -0.334. The fourth-order valence-electron chi connectivity index (χ4n) is 2.83. The van der Waals surface area contributed by atoms with Gasteiger partial charge in [0.2, 0.25) is 5.88 Å². The number of ether oxygens (including phenoxy) is 1. The molecule has 0 bridgehead atoms. The first kappa shape index (κ1) is 22.1. The molecule has 3 aromatic rings. The number of aromatic nitrogens is 3. The summed E-state index contributed by atoms with van der Waals surface area (Å²) in [5.41, 5.74) is 2.21. The molecule has 0 saturated heterocycles. The van der Waals surface area contributed by atoms with Gasteiger partial charge in [0.1, 0.15) is 16.9 Å². The second kappa shape index (κ2) is 9.07. The first-order valence-electron chi connectivity index (χ1n) is 8.99. The average molecular weight is 493 g/mol. The van der Waals surface area contributed by atoms with Gasteiger partial charge in [0.05, 0.1) is 23.5 Å². The van der Waals surface area contributed by atoms with Gasteiger partial charge in [-0.3, -0.25) is 19.0 Å². The van der Waals surface area contributed by atoms with Crippen molar-refractivity contribution >= 4 is 33.2 Å². The van der Waals surface area contributed by atoms with Crippen LogP contribution in [0.4, 0.5) is 0 Å². The number of amides is 1. The van der Waals surface area contributed by atoms with Crippen molar-refractivity contribution in [2.45, 2.75) is 27.4 Å². The van der Waals surface area contributed by atoms with E-state index < -0.39 is 0 Å². The summed E-state index contributed by atoms with van der Waals surface area (Å²) in [5, 5.41) is 3.96. The number of rotatable bonds is 6. The highest BCUT2D eigenvalue weighted by Gasteiger charge is 2.19. The molecule has 8 nitrogen and oxygen atoms in total. The van der Waals surface area contributed by atoms with Crippen molar-refractivity contribution in [3.8, 4) is 11.6 Å². The summed E-state index contributed by atoms with van der Waals surface area (Å²) in [5.74, 6) is 0.304. The Kier molecular flexibility index (Phi) is 6.69. The quantitative estimate of drug-likeness (QED) is 0.488. The molecular weight excluding hydrogens is 472 g/mol. The maximum absolute atomic E-state index is 13.1. The van der Waals surface area contributed by atoms with Crippen molar-refractivity contribution in [3.63, 3.8) is 0 Å². The van der Waals surface area contributed by atoms with Crippen molar-refractivity contribution < 1.29 is 14.4 Å². The van der Waals surface area contributed by atoms with Crippen LogP contribution in [0.1, 0.15) is 32.4 Å². The number of thiazole rings is 1. The predicted molar refractivity (Wildman–Crippen MR) is 117 cm³/mol. The van der Waals surface area contributed by atoms with Gasteiger partial charge in [-0.25, -0.2) is 10.0 Å². The van der Waals surface area contributed by atoms with Crippen LogP contribution in [0, 0.1) is 20.8 Å². The Morgan fingerprint density at radius 3 is 2.63 bits per heavy atom. The maximum atomic E-state index is 13.1. The van der Waals surface area contributed by atoms with Crippen molar-refractivity contribution in [1.29, 1.82) is 0 Å². The minimum absolute atomic E-state index is 0.198. The number of hydrogen-bond donors (Lipinski definition) is 0. The van der Waals surface area contributed by atoms with Crippen LogP contribution in [0.25, 0.3) is 5.69 Å². The van der Waals surface area contributed by atoms with Gasteiger partial charge in [-0.2, -0.15) is 4.98 Å². The predicted octanol–water partition coefficient (Wildman–Crippen LogP) is 3.59. The molecule has 0 unspecified atom stereocenters. The van der Waals surface area contributed by atoms with Crippen LogP contribution < -0.4 is 10.3 Å². The van der Waals surface area contributed by atoms with E-state index in [-0.39, 0.29) is 28.4 Å². The normalized spacial score (nSPS) is 10.9. The van der Waals surface area contributed by atoms with Crippen LogP contribution >= 0.6 is 27.3 Å². The van der Waals surface area contributed by atoms with E-state index in [2.05, 4.69) is 25.9 Å². The lowest BCUT2D eigenvalue weighted by Gasteiger charge is -2.17.